The number of hydrogen-bond acceptors (Lipinski definition) is 2. The fraction of sp³-hybridized carbons (Fsp3) is 0.533. The molecule has 1 aromatic carbocycles. The number of benzene rings is 1. The van der Waals surface area contributed by atoms with E-state index < -0.39 is 0 Å². The highest BCUT2D eigenvalue weighted by Crippen LogP contribution is 2.19. The molecule has 0 bridgehead atoms. The van der Waals surface area contributed by atoms with E-state index in [1.54, 1.807) is 0 Å². The van der Waals surface area contributed by atoms with Gasteiger partial charge in [0, 0.05) is 23.2 Å². The van der Waals surface area contributed by atoms with E-state index in [1.807, 2.05) is 25.1 Å². The molecule has 0 aromatic heterocycles. The number of hydrogen-bond donors (Lipinski definition) is 1. The van der Waals surface area contributed by atoms with Crippen molar-refractivity contribution in [3.63, 3.8) is 0 Å². The smallest absolute Gasteiger partial charge is 0.251 e. The second kappa shape index (κ2) is 8.33. The first-order chi connectivity index (χ1) is 9.02. The zero-order valence-electron chi connectivity index (χ0n) is 11.8. The van der Waals surface area contributed by atoms with Crippen LogP contribution in [0.1, 0.15) is 36.2 Å². The van der Waals surface area contributed by atoms with Crippen molar-refractivity contribution in [3.8, 4) is 0 Å². The third-order valence-corrected chi connectivity index (χ3v) is 3.74. The SMILES string of the molecule is Cc1c(Br)cccc1C(=O)NCCOCCC(C)C. The fourth-order valence-electron chi connectivity index (χ4n) is 1.61. The molecular formula is C15H22BrNO2. The zero-order valence-corrected chi connectivity index (χ0v) is 13.4. The van der Waals surface area contributed by atoms with E-state index in [1.165, 1.54) is 0 Å². The fourth-order valence-corrected chi connectivity index (χ4v) is 1.97. The van der Waals surface area contributed by atoms with Gasteiger partial charge in [-0.1, -0.05) is 35.8 Å². The first-order valence-corrected chi connectivity index (χ1v) is 7.42. The van der Waals surface area contributed by atoms with Crippen LogP contribution in [0.25, 0.3) is 0 Å². The van der Waals surface area contributed by atoms with Gasteiger partial charge in [0.05, 0.1) is 6.61 Å². The standard InChI is InChI=1S/C15H22BrNO2/c1-11(2)7-9-19-10-8-17-15(18)13-5-4-6-14(16)12(13)3/h4-6,11H,7-10H2,1-3H3,(H,17,18). The van der Waals surface area contributed by atoms with Crippen molar-refractivity contribution < 1.29 is 9.53 Å². The number of amides is 1. The van der Waals surface area contributed by atoms with Gasteiger partial charge in [-0.25, -0.2) is 0 Å². The van der Waals surface area contributed by atoms with Gasteiger partial charge in [-0.05, 0) is 37.0 Å². The maximum absolute atomic E-state index is 12.0. The molecule has 0 saturated heterocycles. The van der Waals surface area contributed by atoms with Crippen LogP contribution in [0, 0.1) is 12.8 Å². The minimum absolute atomic E-state index is 0.0498. The molecule has 1 N–H and O–H groups in total. The molecule has 1 amide bonds. The Morgan fingerprint density at radius 1 is 1.37 bits per heavy atom. The first kappa shape index (κ1) is 16.2. The Kier molecular flexibility index (Phi) is 7.10. The predicted molar refractivity (Wildman–Crippen MR) is 81.5 cm³/mol. The lowest BCUT2D eigenvalue weighted by molar-refractivity contribution is 0.0905. The van der Waals surface area contributed by atoms with Crippen LogP contribution in [0.15, 0.2) is 22.7 Å². The molecule has 0 fully saturated rings. The molecule has 19 heavy (non-hydrogen) atoms. The quantitative estimate of drug-likeness (QED) is 0.778. The molecule has 0 spiro atoms. The Hall–Kier alpha value is -0.870. The van der Waals surface area contributed by atoms with Crippen molar-refractivity contribution in [1.29, 1.82) is 0 Å². The highest BCUT2D eigenvalue weighted by Gasteiger charge is 2.09. The summed E-state index contributed by atoms with van der Waals surface area (Å²) in [6, 6.07) is 5.63. The summed E-state index contributed by atoms with van der Waals surface area (Å²) in [5, 5.41) is 2.87. The molecule has 3 nitrogen and oxygen atoms in total. The van der Waals surface area contributed by atoms with Gasteiger partial charge in [-0.3, -0.25) is 4.79 Å². The van der Waals surface area contributed by atoms with Crippen LogP contribution in [0.4, 0.5) is 0 Å². The number of carbonyl (C=O) groups excluding carboxylic acids is 1. The van der Waals surface area contributed by atoms with Crippen LogP contribution in [-0.2, 0) is 4.74 Å². The van der Waals surface area contributed by atoms with Crippen LogP contribution < -0.4 is 5.32 Å². The van der Waals surface area contributed by atoms with Gasteiger partial charge in [0.1, 0.15) is 0 Å². The van der Waals surface area contributed by atoms with Gasteiger partial charge in [-0.15, -0.1) is 0 Å². The van der Waals surface area contributed by atoms with E-state index in [9.17, 15) is 4.79 Å². The highest BCUT2D eigenvalue weighted by atomic mass is 79.9. The lowest BCUT2D eigenvalue weighted by atomic mass is 10.1. The van der Waals surface area contributed by atoms with E-state index >= 15 is 0 Å². The summed E-state index contributed by atoms with van der Waals surface area (Å²) in [4.78, 5) is 12.0. The largest absolute Gasteiger partial charge is 0.380 e. The Bertz CT molecular complexity index is 419. The van der Waals surface area contributed by atoms with E-state index in [0.29, 0.717) is 24.6 Å². The second-order valence-corrected chi connectivity index (χ2v) is 5.82. The van der Waals surface area contributed by atoms with Crippen molar-refractivity contribution in [1.82, 2.24) is 5.32 Å². The third-order valence-electron chi connectivity index (χ3n) is 2.88. The Balaban J connectivity index is 2.30. The summed E-state index contributed by atoms with van der Waals surface area (Å²) in [6.45, 7) is 8.12. The molecule has 0 aliphatic rings. The minimum atomic E-state index is -0.0498. The average Bonchev–Trinajstić information content (AvgIpc) is 2.36. The van der Waals surface area contributed by atoms with Gasteiger partial charge in [0.2, 0.25) is 0 Å². The zero-order chi connectivity index (χ0) is 14.3. The number of halogens is 1. The van der Waals surface area contributed by atoms with Crippen molar-refractivity contribution in [2.24, 2.45) is 5.92 Å². The molecule has 0 aliphatic heterocycles. The van der Waals surface area contributed by atoms with Gasteiger partial charge in [-0.2, -0.15) is 0 Å². The molecule has 4 heteroatoms. The van der Waals surface area contributed by atoms with Crippen LogP contribution >= 0.6 is 15.9 Å². The van der Waals surface area contributed by atoms with E-state index in [4.69, 9.17) is 4.74 Å². The van der Waals surface area contributed by atoms with E-state index in [0.717, 1.165) is 23.1 Å². The van der Waals surface area contributed by atoms with Gasteiger partial charge in [0.25, 0.3) is 5.91 Å². The van der Waals surface area contributed by atoms with Crippen LogP contribution in [-0.4, -0.2) is 25.7 Å². The van der Waals surface area contributed by atoms with Crippen LogP contribution in [0.3, 0.4) is 0 Å². The molecule has 0 radical (unpaired) electrons. The molecule has 0 saturated carbocycles. The Labute approximate surface area is 123 Å². The monoisotopic (exact) mass is 327 g/mol. The molecule has 1 rings (SSSR count). The number of rotatable bonds is 7. The second-order valence-electron chi connectivity index (χ2n) is 4.96. The van der Waals surface area contributed by atoms with Crippen molar-refractivity contribution >= 4 is 21.8 Å². The number of ether oxygens (including phenoxy) is 1. The normalized spacial score (nSPS) is 10.8. The lowest BCUT2D eigenvalue weighted by Crippen LogP contribution is -2.28. The minimum Gasteiger partial charge on any atom is -0.380 e. The van der Waals surface area contributed by atoms with Crippen LogP contribution in [0.5, 0.6) is 0 Å². The maximum Gasteiger partial charge on any atom is 0.251 e. The molecule has 106 valence electrons. The number of nitrogens with one attached hydrogen (secondary N) is 1. The predicted octanol–water partition coefficient (Wildman–Crippen LogP) is 3.55. The summed E-state index contributed by atoms with van der Waals surface area (Å²) >= 11 is 3.43. The highest BCUT2D eigenvalue weighted by molar-refractivity contribution is 9.10. The third kappa shape index (κ3) is 5.74. The van der Waals surface area contributed by atoms with E-state index in [2.05, 4.69) is 35.1 Å². The van der Waals surface area contributed by atoms with Crippen molar-refractivity contribution in [2.75, 3.05) is 19.8 Å². The molecular weight excluding hydrogens is 306 g/mol. The van der Waals surface area contributed by atoms with Gasteiger partial charge in [0.15, 0.2) is 0 Å². The first-order valence-electron chi connectivity index (χ1n) is 6.63. The summed E-state index contributed by atoms with van der Waals surface area (Å²) in [7, 11) is 0. The van der Waals surface area contributed by atoms with Gasteiger partial charge >= 0.3 is 0 Å². The topological polar surface area (TPSA) is 38.3 Å². The van der Waals surface area contributed by atoms with Gasteiger partial charge < -0.3 is 10.1 Å². The summed E-state index contributed by atoms with van der Waals surface area (Å²) < 4.78 is 6.41. The number of carbonyl (C=O) groups is 1. The molecule has 0 atom stereocenters. The molecule has 0 heterocycles. The lowest BCUT2D eigenvalue weighted by Gasteiger charge is -2.10. The Morgan fingerprint density at radius 3 is 2.79 bits per heavy atom. The average molecular weight is 328 g/mol. The van der Waals surface area contributed by atoms with Crippen LogP contribution in [0.2, 0.25) is 0 Å². The maximum atomic E-state index is 12.0. The molecule has 0 unspecified atom stereocenters. The van der Waals surface area contributed by atoms with E-state index in [-0.39, 0.29) is 5.91 Å². The molecule has 1 aromatic rings. The summed E-state index contributed by atoms with van der Waals surface area (Å²) in [5.74, 6) is 0.602. The molecule has 0 aliphatic carbocycles. The van der Waals surface area contributed by atoms with Crippen molar-refractivity contribution in [3.05, 3.63) is 33.8 Å². The summed E-state index contributed by atoms with van der Waals surface area (Å²) in [6.07, 6.45) is 1.05. The Morgan fingerprint density at radius 2 is 2.11 bits per heavy atom. The summed E-state index contributed by atoms with van der Waals surface area (Å²) in [5.41, 5.74) is 1.66. The van der Waals surface area contributed by atoms with Crippen molar-refractivity contribution in [2.45, 2.75) is 27.2 Å².